The van der Waals surface area contributed by atoms with Crippen molar-refractivity contribution < 1.29 is 19.0 Å². The van der Waals surface area contributed by atoms with Crippen LogP contribution >= 0.6 is 23.7 Å². The van der Waals surface area contributed by atoms with Gasteiger partial charge in [0, 0.05) is 22.5 Å². The number of carbonyl (C=O) groups is 1. The van der Waals surface area contributed by atoms with Crippen LogP contribution in [0.25, 0.3) is 10.4 Å². The van der Waals surface area contributed by atoms with Crippen LogP contribution in [-0.2, 0) is 19.6 Å². The van der Waals surface area contributed by atoms with E-state index in [1.54, 1.807) is 34.2 Å². The maximum atomic E-state index is 13.2. The number of primary amides is 1. The van der Waals surface area contributed by atoms with Crippen molar-refractivity contribution in [2.75, 3.05) is 0 Å². The van der Waals surface area contributed by atoms with Gasteiger partial charge in [-0.3, -0.25) is 4.79 Å². The number of hydrogen-bond acceptors (Lipinski definition) is 5. The smallest absolute Gasteiger partial charge is 0.268 e. The molecule has 1 unspecified atom stereocenters. The van der Waals surface area contributed by atoms with Gasteiger partial charge in [-0.15, -0.1) is 23.7 Å². The monoisotopic (exact) mass is 515 g/mol. The topological polar surface area (TPSA) is 90.4 Å². The number of imidazole rings is 1. The summed E-state index contributed by atoms with van der Waals surface area (Å²) in [6, 6.07) is 18.5. The molecule has 9 heteroatoms. The lowest BCUT2D eigenvalue weighted by Gasteiger charge is -2.13. The number of para-hydroxylation sites is 1. The van der Waals surface area contributed by atoms with E-state index in [1.807, 2.05) is 36.4 Å². The highest BCUT2D eigenvalue weighted by Crippen LogP contribution is 2.30. The zero-order valence-electron chi connectivity index (χ0n) is 19.0. The van der Waals surface area contributed by atoms with Crippen LogP contribution in [0.5, 0.6) is 5.75 Å². The van der Waals surface area contributed by atoms with Gasteiger partial charge < -0.3 is 20.1 Å². The van der Waals surface area contributed by atoms with Gasteiger partial charge in [-0.05, 0) is 60.7 Å². The van der Waals surface area contributed by atoms with Crippen LogP contribution in [0.15, 0.2) is 73.2 Å². The van der Waals surface area contributed by atoms with Gasteiger partial charge in [0.05, 0.1) is 12.4 Å². The molecule has 2 heterocycles. The van der Waals surface area contributed by atoms with Gasteiger partial charge >= 0.3 is 0 Å². The number of nitrogens with zero attached hydrogens (tertiary/aromatic N) is 2. The number of amides is 1. The molecular weight excluding hydrogens is 489 g/mol. The maximum absolute atomic E-state index is 13.2. The van der Waals surface area contributed by atoms with Crippen molar-refractivity contribution in [1.29, 1.82) is 0 Å². The first kappa shape index (κ1) is 26.4. The highest BCUT2D eigenvalue weighted by atomic mass is 35.5. The average Bonchev–Trinajstić information content (AvgIpc) is 3.49. The van der Waals surface area contributed by atoms with Crippen LogP contribution in [0.2, 0.25) is 0 Å². The number of hydrogen-bond donors (Lipinski definition) is 2. The van der Waals surface area contributed by atoms with Gasteiger partial charge in [0.25, 0.3) is 5.91 Å². The van der Waals surface area contributed by atoms with E-state index in [4.69, 9.17) is 10.5 Å². The standard InChI is InChI=1S/C26H26FN3O3S.ClH/c27-20-10-8-19(9-11-20)25-13-12-22(34-25)16-33-24-7-2-1-4-18(24)5-3-6-21(31)14-30-15-23(26(28)32)29-17-30;/h1-2,4,7-13,15,17,21,31H,3,5-6,14,16H2,(H2,28,32);1H. The Morgan fingerprint density at radius 3 is 2.66 bits per heavy atom. The molecule has 2 aromatic heterocycles. The lowest BCUT2D eigenvalue weighted by Crippen LogP contribution is -2.15. The second kappa shape index (κ2) is 12.5. The molecule has 1 amide bonds. The predicted octanol–water partition coefficient (Wildman–Crippen LogP) is 5.23. The fourth-order valence-electron chi connectivity index (χ4n) is 3.67. The molecule has 2 aromatic carbocycles. The van der Waals surface area contributed by atoms with Crippen molar-refractivity contribution in [2.24, 2.45) is 5.73 Å². The number of aromatic nitrogens is 2. The zero-order valence-corrected chi connectivity index (χ0v) is 20.6. The quantitative estimate of drug-likeness (QED) is 0.286. The van der Waals surface area contributed by atoms with Gasteiger partial charge in [0.2, 0.25) is 0 Å². The van der Waals surface area contributed by atoms with E-state index in [9.17, 15) is 14.3 Å². The molecule has 0 bridgehead atoms. The number of benzene rings is 2. The Labute approximate surface area is 213 Å². The Kier molecular flexibility index (Phi) is 9.42. The lowest BCUT2D eigenvalue weighted by atomic mass is 10.0. The largest absolute Gasteiger partial charge is 0.488 e. The number of thiophene rings is 1. The summed E-state index contributed by atoms with van der Waals surface area (Å²) in [6.07, 6.45) is 4.64. The third kappa shape index (κ3) is 7.39. The Hall–Kier alpha value is -3.20. The minimum Gasteiger partial charge on any atom is -0.488 e. The van der Waals surface area contributed by atoms with Gasteiger partial charge in [0.1, 0.15) is 23.9 Å². The second-order valence-corrected chi connectivity index (χ2v) is 9.20. The summed E-state index contributed by atoms with van der Waals surface area (Å²) < 4.78 is 20.9. The normalized spacial score (nSPS) is 11.6. The third-order valence-electron chi connectivity index (χ3n) is 5.42. The molecule has 0 saturated heterocycles. The van der Waals surface area contributed by atoms with Gasteiger partial charge in [-0.25, -0.2) is 9.37 Å². The van der Waals surface area contributed by atoms with Gasteiger partial charge in [-0.1, -0.05) is 30.3 Å². The van der Waals surface area contributed by atoms with Crippen molar-refractivity contribution in [3.8, 4) is 16.2 Å². The third-order valence-corrected chi connectivity index (χ3v) is 6.53. The number of carbonyl (C=O) groups excluding carboxylic acids is 1. The van der Waals surface area contributed by atoms with E-state index in [0.717, 1.165) is 39.5 Å². The number of rotatable bonds is 11. The fraction of sp³-hybridized carbons (Fsp3) is 0.231. The molecule has 0 saturated carbocycles. The minimum atomic E-state index is -0.584. The molecule has 3 N–H and O–H groups in total. The van der Waals surface area contributed by atoms with Crippen LogP contribution in [0.4, 0.5) is 4.39 Å². The van der Waals surface area contributed by atoms with Crippen LogP contribution < -0.4 is 10.5 Å². The van der Waals surface area contributed by atoms with Crippen LogP contribution in [-0.4, -0.2) is 26.7 Å². The Morgan fingerprint density at radius 1 is 1.14 bits per heavy atom. The summed E-state index contributed by atoms with van der Waals surface area (Å²) in [5.74, 6) is 0.000412. The number of nitrogens with two attached hydrogens (primary N) is 1. The summed E-state index contributed by atoms with van der Waals surface area (Å²) in [6.45, 7) is 0.807. The molecule has 4 rings (SSSR count). The second-order valence-electron chi connectivity index (χ2n) is 8.04. The Balaban J connectivity index is 0.00000342. The first-order valence-electron chi connectivity index (χ1n) is 11.0. The summed E-state index contributed by atoms with van der Waals surface area (Å²) >= 11 is 1.63. The van der Waals surface area contributed by atoms with Gasteiger partial charge in [0.15, 0.2) is 0 Å². The van der Waals surface area contributed by atoms with E-state index in [2.05, 4.69) is 4.98 Å². The molecule has 6 nitrogen and oxygen atoms in total. The van der Waals surface area contributed by atoms with Crippen molar-refractivity contribution in [3.63, 3.8) is 0 Å². The van der Waals surface area contributed by atoms with E-state index < -0.39 is 12.0 Å². The maximum Gasteiger partial charge on any atom is 0.268 e. The zero-order chi connectivity index (χ0) is 23.9. The minimum absolute atomic E-state index is 0. The summed E-state index contributed by atoms with van der Waals surface area (Å²) in [4.78, 5) is 17.2. The summed E-state index contributed by atoms with van der Waals surface area (Å²) in [5.41, 5.74) is 7.47. The van der Waals surface area contributed by atoms with Crippen molar-refractivity contribution in [1.82, 2.24) is 9.55 Å². The molecule has 0 spiro atoms. The van der Waals surface area contributed by atoms with E-state index >= 15 is 0 Å². The van der Waals surface area contributed by atoms with E-state index in [0.29, 0.717) is 19.6 Å². The lowest BCUT2D eigenvalue weighted by molar-refractivity contribution is 0.0995. The number of aliphatic hydroxyl groups excluding tert-OH is 1. The van der Waals surface area contributed by atoms with Crippen LogP contribution in [0.1, 0.15) is 33.8 Å². The summed E-state index contributed by atoms with van der Waals surface area (Å²) in [5, 5.41) is 10.3. The summed E-state index contributed by atoms with van der Waals surface area (Å²) in [7, 11) is 0. The Bertz CT molecular complexity index is 1240. The molecule has 0 aliphatic carbocycles. The molecule has 35 heavy (non-hydrogen) atoms. The Morgan fingerprint density at radius 2 is 1.91 bits per heavy atom. The number of ether oxygens (including phenoxy) is 1. The average molecular weight is 516 g/mol. The fourth-order valence-corrected chi connectivity index (χ4v) is 4.60. The van der Waals surface area contributed by atoms with Crippen LogP contribution in [0, 0.1) is 5.82 Å². The number of aryl methyl sites for hydroxylation is 1. The first-order chi connectivity index (χ1) is 16.5. The molecular formula is C26H27ClFN3O3S. The number of halogens is 2. The predicted molar refractivity (Wildman–Crippen MR) is 137 cm³/mol. The van der Waals surface area contributed by atoms with Crippen molar-refractivity contribution >= 4 is 29.7 Å². The molecule has 0 radical (unpaired) electrons. The van der Waals surface area contributed by atoms with Crippen LogP contribution in [0.3, 0.4) is 0 Å². The highest BCUT2D eigenvalue weighted by Gasteiger charge is 2.11. The SMILES string of the molecule is Cl.NC(=O)c1cn(CC(O)CCCc2ccccc2OCc2ccc(-c3ccc(F)cc3)s2)cn1. The molecule has 0 aliphatic heterocycles. The van der Waals surface area contributed by atoms with E-state index in [1.165, 1.54) is 18.5 Å². The molecule has 1 atom stereocenters. The molecule has 0 aliphatic rings. The highest BCUT2D eigenvalue weighted by molar-refractivity contribution is 7.15. The van der Waals surface area contributed by atoms with Crippen molar-refractivity contribution in [3.05, 3.63) is 95.1 Å². The molecule has 0 fully saturated rings. The number of aliphatic hydroxyl groups is 1. The first-order valence-corrected chi connectivity index (χ1v) is 11.8. The van der Waals surface area contributed by atoms with Crippen molar-refractivity contribution in [2.45, 2.75) is 38.5 Å². The molecule has 184 valence electrons. The van der Waals surface area contributed by atoms with Gasteiger partial charge in [-0.2, -0.15) is 0 Å². The van der Waals surface area contributed by atoms with E-state index in [-0.39, 0.29) is 23.9 Å². The molecule has 4 aromatic rings.